The second-order valence-electron chi connectivity index (χ2n) is 3.55. The lowest BCUT2D eigenvalue weighted by atomic mass is 9.95. The molecule has 0 aromatic carbocycles. The Morgan fingerprint density at radius 1 is 1.60 bits per heavy atom. The number of nitrogens with zero attached hydrogens (tertiary/aromatic N) is 1. The molecule has 2 heteroatoms. The number of rotatable bonds is 2. The van der Waals surface area contributed by atoms with E-state index in [2.05, 4.69) is 18.7 Å². The normalized spacial score (nSPS) is 28.2. The quantitative estimate of drug-likeness (QED) is 0.620. The fourth-order valence-corrected chi connectivity index (χ4v) is 1.57. The highest BCUT2D eigenvalue weighted by molar-refractivity contribution is 4.76. The lowest BCUT2D eigenvalue weighted by Gasteiger charge is -2.15. The summed E-state index contributed by atoms with van der Waals surface area (Å²) in [6.07, 6.45) is 1.34. The second kappa shape index (κ2) is 3.35. The van der Waals surface area contributed by atoms with E-state index in [0.717, 1.165) is 18.5 Å². The lowest BCUT2D eigenvalue weighted by Crippen LogP contribution is -2.28. The third kappa shape index (κ3) is 1.70. The minimum atomic E-state index is 0.739. The van der Waals surface area contributed by atoms with Crippen LogP contribution in [0.25, 0.3) is 0 Å². The van der Waals surface area contributed by atoms with Crippen LogP contribution < -0.4 is 5.73 Å². The van der Waals surface area contributed by atoms with Crippen molar-refractivity contribution in [3.63, 3.8) is 0 Å². The molecular weight excluding hydrogens is 124 g/mol. The highest BCUT2D eigenvalue weighted by Gasteiger charge is 2.23. The summed E-state index contributed by atoms with van der Waals surface area (Å²) in [5.74, 6) is 1.72. The Labute approximate surface area is 63.4 Å². The van der Waals surface area contributed by atoms with Gasteiger partial charge >= 0.3 is 0 Å². The van der Waals surface area contributed by atoms with Gasteiger partial charge in [0.15, 0.2) is 0 Å². The van der Waals surface area contributed by atoms with Crippen molar-refractivity contribution in [3.05, 3.63) is 0 Å². The Bertz CT molecular complexity index is 101. The van der Waals surface area contributed by atoms with Gasteiger partial charge in [0.2, 0.25) is 0 Å². The molecule has 1 aliphatic heterocycles. The molecule has 1 heterocycles. The topological polar surface area (TPSA) is 29.3 Å². The van der Waals surface area contributed by atoms with Crippen LogP contribution in [0.1, 0.15) is 20.3 Å². The number of nitrogens with two attached hydrogens (primary N) is 1. The SMILES string of the molecule is CC(C)C1CCN(CN)C1. The summed E-state index contributed by atoms with van der Waals surface area (Å²) in [6, 6.07) is 0. The van der Waals surface area contributed by atoms with E-state index >= 15 is 0 Å². The number of likely N-dealkylation sites (tertiary alicyclic amines) is 1. The van der Waals surface area contributed by atoms with Crippen molar-refractivity contribution in [2.45, 2.75) is 20.3 Å². The maximum Gasteiger partial charge on any atom is 0.0455 e. The van der Waals surface area contributed by atoms with Gasteiger partial charge in [-0.25, -0.2) is 0 Å². The smallest absolute Gasteiger partial charge is 0.0455 e. The molecule has 1 atom stereocenters. The molecule has 1 aliphatic rings. The maximum atomic E-state index is 5.52. The summed E-state index contributed by atoms with van der Waals surface area (Å²) in [5.41, 5.74) is 5.52. The zero-order valence-electron chi connectivity index (χ0n) is 7.01. The zero-order chi connectivity index (χ0) is 7.56. The summed E-state index contributed by atoms with van der Waals surface area (Å²) >= 11 is 0. The zero-order valence-corrected chi connectivity index (χ0v) is 7.01. The van der Waals surface area contributed by atoms with Crippen LogP contribution in [0.15, 0.2) is 0 Å². The first kappa shape index (κ1) is 8.02. The van der Waals surface area contributed by atoms with Gasteiger partial charge in [0.25, 0.3) is 0 Å². The van der Waals surface area contributed by atoms with Gasteiger partial charge < -0.3 is 5.73 Å². The van der Waals surface area contributed by atoms with Crippen LogP contribution in [0, 0.1) is 11.8 Å². The predicted octanol–water partition coefficient (Wildman–Crippen LogP) is 0.881. The summed E-state index contributed by atoms with van der Waals surface area (Å²) in [6.45, 7) is 7.76. The molecule has 0 aliphatic carbocycles. The van der Waals surface area contributed by atoms with Gasteiger partial charge in [-0.1, -0.05) is 13.8 Å². The molecule has 0 saturated carbocycles. The fraction of sp³-hybridized carbons (Fsp3) is 1.00. The van der Waals surface area contributed by atoms with Crippen LogP contribution in [0.4, 0.5) is 0 Å². The van der Waals surface area contributed by atoms with Gasteiger partial charge in [0.05, 0.1) is 0 Å². The largest absolute Gasteiger partial charge is 0.318 e. The van der Waals surface area contributed by atoms with Crippen molar-refractivity contribution < 1.29 is 0 Å². The molecule has 1 saturated heterocycles. The van der Waals surface area contributed by atoms with Crippen molar-refractivity contribution >= 4 is 0 Å². The third-order valence-corrected chi connectivity index (χ3v) is 2.51. The first-order valence-corrected chi connectivity index (χ1v) is 4.16. The van der Waals surface area contributed by atoms with E-state index in [9.17, 15) is 0 Å². The average Bonchev–Trinajstić information content (AvgIpc) is 2.34. The molecule has 0 aromatic rings. The summed E-state index contributed by atoms with van der Waals surface area (Å²) in [4.78, 5) is 2.32. The van der Waals surface area contributed by atoms with E-state index in [1.807, 2.05) is 0 Å². The first-order chi connectivity index (χ1) is 4.74. The lowest BCUT2D eigenvalue weighted by molar-refractivity contribution is 0.311. The first-order valence-electron chi connectivity index (χ1n) is 4.16. The summed E-state index contributed by atoms with van der Waals surface area (Å²) in [5, 5.41) is 0. The van der Waals surface area contributed by atoms with E-state index in [1.165, 1.54) is 19.5 Å². The molecule has 0 aromatic heterocycles. The van der Waals surface area contributed by atoms with Crippen LogP contribution in [0.3, 0.4) is 0 Å². The summed E-state index contributed by atoms with van der Waals surface area (Å²) in [7, 11) is 0. The molecule has 2 N–H and O–H groups in total. The highest BCUT2D eigenvalue weighted by Crippen LogP contribution is 2.22. The van der Waals surface area contributed by atoms with Crippen LogP contribution in [0.2, 0.25) is 0 Å². The van der Waals surface area contributed by atoms with Crippen molar-refractivity contribution in [2.75, 3.05) is 19.8 Å². The molecule has 10 heavy (non-hydrogen) atoms. The van der Waals surface area contributed by atoms with Crippen LogP contribution in [-0.2, 0) is 0 Å². The number of hydrogen-bond acceptors (Lipinski definition) is 2. The monoisotopic (exact) mass is 142 g/mol. The van der Waals surface area contributed by atoms with E-state index in [0.29, 0.717) is 0 Å². The van der Waals surface area contributed by atoms with Gasteiger partial charge in [-0.15, -0.1) is 0 Å². The Hall–Kier alpha value is -0.0800. The standard InChI is InChI=1S/C8H18N2/c1-7(2)8-3-4-10(5-8)6-9/h7-8H,3-6,9H2,1-2H3. The number of hydrogen-bond donors (Lipinski definition) is 1. The van der Waals surface area contributed by atoms with Crippen LogP contribution in [-0.4, -0.2) is 24.7 Å². The minimum Gasteiger partial charge on any atom is -0.318 e. The molecule has 1 unspecified atom stereocenters. The van der Waals surface area contributed by atoms with Crippen LogP contribution >= 0.6 is 0 Å². The average molecular weight is 142 g/mol. The van der Waals surface area contributed by atoms with E-state index in [-0.39, 0.29) is 0 Å². The van der Waals surface area contributed by atoms with Crippen LogP contribution in [0.5, 0.6) is 0 Å². The van der Waals surface area contributed by atoms with Crippen molar-refractivity contribution in [3.8, 4) is 0 Å². The van der Waals surface area contributed by atoms with Crippen molar-refractivity contribution in [1.82, 2.24) is 4.90 Å². The Morgan fingerprint density at radius 2 is 2.30 bits per heavy atom. The minimum absolute atomic E-state index is 0.739. The Balaban J connectivity index is 2.28. The van der Waals surface area contributed by atoms with Gasteiger partial charge in [-0.2, -0.15) is 0 Å². The molecule has 0 bridgehead atoms. The molecule has 60 valence electrons. The van der Waals surface area contributed by atoms with Gasteiger partial charge in [-0.3, -0.25) is 4.90 Å². The molecule has 1 rings (SSSR count). The van der Waals surface area contributed by atoms with E-state index in [1.54, 1.807) is 0 Å². The summed E-state index contributed by atoms with van der Waals surface area (Å²) < 4.78 is 0. The highest BCUT2D eigenvalue weighted by atomic mass is 15.2. The van der Waals surface area contributed by atoms with E-state index < -0.39 is 0 Å². The van der Waals surface area contributed by atoms with E-state index in [4.69, 9.17) is 5.73 Å². The van der Waals surface area contributed by atoms with Gasteiger partial charge in [0, 0.05) is 13.2 Å². The molecule has 0 radical (unpaired) electrons. The van der Waals surface area contributed by atoms with Gasteiger partial charge in [-0.05, 0) is 24.8 Å². The third-order valence-electron chi connectivity index (χ3n) is 2.51. The second-order valence-corrected chi connectivity index (χ2v) is 3.55. The molecule has 1 fully saturated rings. The van der Waals surface area contributed by atoms with Gasteiger partial charge in [0.1, 0.15) is 0 Å². The molecule has 0 spiro atoms. The Kier molecular flexibility index (Phi) is 2.69. The Morgan fingerprint density at radius 3 is 2.60 bits per heavy atom. The maximum absolute atomic E-state index is 5.52. The van der Waals surface area contributed by atoms with Crippen molar-refractivity contribution in [2.24, 2.45) is 17.6 Å². The predicted molar refractivity (Wildman–Crippen MR) is 43.6 cm³/mol. The molecular formula is C8H18N2. The molecule has 0 amide bonds. The molecule has 2 nitrogen and oxygen atoms in total. The van der Waals surface area contributed by atoms with Crippen molar-refractivity contribution in [1.29, 1.82) is 0 Å². The fourth-order valence-electron chi connectivity index (χ4n) is 1.57.